The molecule has 2 rings (SSSR count). The normalized spacial score (nSPS) is 10.1. The number of hydrogen-bond acceptors (Lipinski definition) is 2. The van der Waals surface area contributed by atoms with Gasteiger partial charge in [0.15, 0.2) is 0 Å². The Morgan fingerprint density at radius 3 is 2.93 bits per heavy atom. The summed E-state index contributed by atoms with van der Waals surface area (Å²) in [7, 11) is 0. The molecule has 3 nitrogen and oxygen atoms in total. The quantitative estimate of drug-likeness (QED) is 0.833. The van der Waals surface area contributed by atoms with Gasteiger partial charge in [0.2, 0.25) is 5.78 Å². The summed E-state index contributed by atoms with van der Waals surface area (Å²) in [5.74, 6) is -0.0520. The number of rotatable bonds is 2. The number of aromatic nitrogens is 2. The number of hydrogen-bond donors (Lipinski definition) is 1. The molecule has 0 bridgehead atoms. The van der Waals surface area contributed by atoms with E-state index in [-0.39, 0.29) is 5.78 Å². The average Bonchev–Trinajstić information content (AvgIpc) is 2.69. The minimum Gasteiger partial charge on any atom is -0.342 e. The van der Waals surface area contributed by atoms with Gasteiger partial charge < -0.3 is 4.98 Å². The highest BCUT2D eigenvalue weighted by Gasteiger charge is 2.09. The van der Waals surface area contributed by atoms with Crippen molar-refractivity contribution in [1.82, 2.24) is 9.97 Å². The van der Waals surface area contributed by atoms with Crippen LogP contribution in [0.1, 0.15) is 16.1 Å². The van der Waals surface area contributed by atoms with Crippen LogP contribution in [0.2, 0.25) is 0 Å². The SMILES string of the molecule is O=C(c1cccc(Br)c1)c1cnc[nH]1. The molecule has 4 heteroatoms. The zero-order valence-electron chi connectivity index (χ0n) is 7.20. The van der Waals surface area contributed by atoms with Gasteiger partial charge in [0.1, 0.15) is 5.69 Å². The van der Waals surface area contributed by atoms with Gasteiger partial charge in [-0.3, -0.25) is 4.79 Å². The molecule has 0 aliphatic rings. The molecule has 0 saturated carbocycles. The number of ketones is 1. The summed E-state index contributed by atoms with van der Waals surface area (Å²) < 4.78 is 0.892. The third-order valence-corrected chi connectivity index (χ3v) is 2.32. The molecule has 70 valence electrons. The topological polar surface area (TPSA) is 45.8 Å². The van der Waals surface area contributed by atoms with Crippen LogP contribution in [0, 0.1) is 0 Å². The summed E-state index contributed by atoms with van der Waals surface area (Å²) in [4.78, 5) is 18.3. The molecule has 1 aromatic heterocycles. The van der Waals surface area contributed by atoms with Gasteiger partial charge >= 0.3 is 0 Å². The van der Waals surface area contributed by atoms with E-state index in [4.69, 9.17) is 0 Å². The molecule has 2 aromatic rings. The number of carbonyl (C=O) groups excluding carboxylic acids is 1. The second-order valence-corrected chi connectivity index (χ2v) is 3.72. The summed E-state index contributed by atoms with van der Waals surface area (Å²) in [6.07, 6.45) is 3.01. The molecule has 0 radical (unpaired) electrons. The molecule has 0 fully saturated rings. The van der Waals surface area contributed by atoms with Crippen LogP contribution in [0.25, 0.3) is 0 Å². The van der Waals surface area contributed by atoms with Crippen molar-refractivity contribution in [2.24, 2.45) is 0 Å². The molecule has 1 heterocycles. The third kappa shape index (κ3) is 1.75. The van der Waals surface area contributed by atoms with E-state index >= 15 is 0 Å². The van der Waals surface area contributed by atoms with Crippen LogP contribution >= 0.6 is 15.9 Å². The molecule has 0 unspecified atom stereocenters. The number of imidazole rings is 1. The monoisotopic (exact) mass is 250 g/mol. The number of nitrogens with one attached hydrogen (secondary N) is 1. The highest BCUT2D eigenvalue weighted by Crippen LogP contribution is 2.14. The Labute approximate surface area is 89.3 Å². The number of benzene rings is 1. The molecule has 0 atom stereocenters. The highest BCUT2D eigenvalue weighted by molar-refractivity contribution is 9.10. The zero-order chi connectivity index (χ0) is 9.97. The lowest BCUT2D eigenvalue weighted by Crippen LogP contribution is -2.00. The third-order valence-electron chi connectivity index (χ3n) is 1.83. The van der Waals surface area contributed by atoms with E-state index < -0.39 is 0 Å². The Hall–Kier alpha value is -1.42. The maximum atomic E-state index is 11.8. The minimum atomic E-state index is -0.0520. The van der Waals surface area contributed by atoms with Crippen LogP contribution in [0.3, 0.4) is 0 Å². The smallest absolute Gasteiger partial charge is 0.210 e. The van der Waals surface area contributed by atoms with Crippen LogP contribution < -0.4 is 0 Å². The van der Waals surface area contributed by atoms with Gasteiger partial charge in [-0.25, -0.2) is 4.98 Å². The Bertz CT molecular complexity index is 451. The fourth-order valence-electron chi connectivity index (χ4n) is 1.17. The largest absolute Gasteiger partial charge is 0.342 e. The van der Waals surface area contributed by atoms with Gasteiger partial charge in [-0.2, -0.15) is 0 Å². The van der Waals surface area contributed by atoms with Gasteiger partial charge in [-0.15, -0.1) is 0 Å². The fourth-order valence-corrected chi connectivity index (χ4v) is 1.56. The molecule has 0 spiro atoms. The van der Waals surface area contributed by atoms with Gasteiger partial charge in [0.05, 0.1) is 12.5 Å². The Kier molecular flexibility index (Phi) is 2.45. The zero-order valence-corrected chi connectivity index (χ0v) is 8.78. The van der Waals surface area contributed by atoms with E-state index in [9.17, 15) is 4.79 Å². The van der Waals surface area contributed by atoms with E-state index in [1.807, 2.05) is 12.1 Å². The molecule has 14 heavy (non-hydrogen) atoms. The standard InChI is InChI=1S/C10H7BrN2O/c11-8-3-1-2-7(4-8)10(14)9-5-12-6-13-9/h1-6H,(H,12,13). The van der Waals surface area contributed by atoms with E-state index in [1.165, 1.54) is 12.5 Å². The average molecular weight is 251 g/mol. The molecule has 1 aromatic carbocycles. The summed E-state index contributed by atoms with van der Waals surface area (Å²) >= 11 is 3.32. The van der Waals surface area contributed by atoms with Crippen LogP contribution in [0.15, 0.2) is 41.3 Å². The molecule has 0 aliphatic carbocycles. The first kappa shape index (κ1) is 9.15. The van der Waals surface area contributed by atoms with Crippen molar-refractivity contribution in [2.45, 2.75) is 0 Å². The number of aromatic amines is 1. The molecule has 0 saturated heterocycles. The maximum absolute atomic E-state index is 11.8. The first-order chi connectivity index (χ1) is 6.77. The Morgan fingerprint density at radius 2 is 2.29 bits per heavy atom. The van der Waals surface area contributed by atoms with Crippen molar-refractivity contribution in [3.05, 3.63) is 52.5 Å². The number of H-pyrrole nitrogens is 1. The second kappa shape index (κ2) is 3.75. The van der Waals surface area contributed by atoms with Crippen molar-refractivity contribution in [3.8, 4) is 0 Å². The molecule has 0 aliphatic heterocycles. The van der Waals surface area contributed by atoms with Crippen molar-refractivity contribution < 1.29 is 4.79 Å². The van der Waals surface area contributed by atoms with Gasteiger partial charge in [0, 0.05) is 10.0 Å². The lowest BCUT2D eigenvalue weighted by molar-refractivity contribution is 0.103. The van der Waals surface area contributed by atoms with Crippen LogP contribution in [-0.4, -0.2) is 15.8 Å². The Morgan fingerprint density at radius 1 is 1.43 bits per heavy atom. The predicted molar refractivity (Wildman–Crippen MR) is 56.2 cm³/mol. The number of halogens is 1. The number of nitrogens with zero attached hydrogens (tertiary/aromatic N) is 1. The first-order valence-corrected chi connectivity index (χ1v) is 4.85. The van der Waals surface area contributed by atoms with Gasteiger partial charge in [-0.05, 0) is 12.1 Å². The summed E-state index contributed by atoms with van der Waals surface area (Å²) in [6.45, 7) is 0. The van der Waals surface area contributed by atoms with Gasteiger partial charge in [-0.1, -0.05) is 28.1 Å². The highest BCUT2D eigenvalue weighted by atomic mass is 79.9. The van der Waals surface area contributed by atoms with Gasteiger partial charge in [0.25, 0.3) is 0 Å². The maximum Gasteiger partial charge on any atom is 0.210 e. The lowest BCUT2D eigenvalue weighted by atomic mass is 10.1. The number of carbonyl (C=O) groups is 1. The molecule has 0 amide bonds. The Balaban J connectivity index is 2.37. The summed E-state index contributed by atoms with van der Waals surface area (Å²) in [5.41, 5.74) is 1.15. The summed E-state index contributed by atoms with van der Waals surface area (Å²) in [6, 6.07) is 7.26. The van der Waals surface area contributed by atoms with Crippen molar-refractivity contribution >= 4 is 21.7 Å². The van der Waals surface area contributed by atoms with Crippen molar-refractivity contribution in [3.63, 3.8) is 0 Å². The fraction of sp³-hybridized carbons (Fsp3) is 0. The van der Waals surface area contributed by atoms with E-state index in [0.29, 0.717) is 11.3 Å². The van der Waals surface area contributed by atoms with E-state index in [2.05, 4.69) is 25.9 Å². The lowest BCUT2D eigenvalue weighted by Gasteiger charge is -1.97. The van der Waals surface area contributed by atoms with Crippen LogP contribution in [0.4, 0.5) is 0 Å². The molecular weight excluding hydrogens is 244 g/mol. The summed E-state index contributed by atoms with van der Waals surface area (Å²) in [5, 5.41) is 0. The van der Waals surface area contributed by atoms with Crippen molar-refractivity contribution in [1.29, 1.82) is 0 Å². The second-order valence-electron chi connectivity index (χ2n) is 2.80. The molecular formula is C10H7BrN2O. The van der Waals surface area contributed by atoms with Crippen LogP contribution in [-0.2, 0) is 0 Å². The van der Waals surface area contributed by atoms with E-state index in [0.717, 1.165) is 4.47 Å². The predicted octanol–water partition coefficient (Wildman–Crippen LogP) is 2.40. The molecule has 1 N–H and O–H groups in total. The minimum absolute atomic E-state index is 0.0520. The van der Waals surface area contributed by atoms with Crippen LogP contribution in [0.5, 0.6) is 0 Å². The van der Waals surface area contributed by atoms with E-state index in [1.54, 1.807) is 12.1 Å². The first-order valence-electron chi connectivity index (χ1n) is 4.06. The van der Waals surface area contributed by atoms with Crippen molar-refractivity contribution in [2.75, 3.05) is 0 Å².